The first kappa shape index (κ1) is 16.4. The third-order valence-corrected chi connectivity index (χ3v) is 6.40. The predicted molar refractivity (Wildman–Crippen MR) is 80.8 cm³/mol. The van der Waals surface area contributed by atoms with Crippen LogP contribution < -0.4 is 10.0 Å². The fraction of sp³-hybridized carbons (Fsp3) is 0.600. The first-order valence-electron chi connectivity index (χ1n) is 6.99. The van der Waals surface area contributed by atoms with Gasteiger partial charge in [-0.25, -0.2) is 17.5 Å². The SMILES string of the molecule is CNCc1ccc(F)c(S(=O)(=O)NC2C(C)(C)C2(C)C)c1. The molecule has 0 spiro atoms. The standard InChI is InChI=1S/C15H23FN2O2S/c1-14(2)13(15(14,3)4)18-21(19,20)12-8-10(9-17-5)6-7-11(12)16/h6-8,13,17-18H,9H2,1-5H3. The molecule has 1 saturated carbocycles. The van der Waals surface area contributed by atoms with Crippen LogP contribution in [0.25, 0.3) is 0 Å². The monoisotopic (exact) mass is 314 g/mol. The van der Waals surface area contributed by atoms with Crippen molar-refractivity contribution in [1.29, 1.82) is 0 Å². The highest BCUT2D eigenvalue weighted by atomic mass is 32.2. The van der Waals surface area contributed by atoms with E-state index in [0.29, 0.717) is 6.54 Å². The number of hydrogen-bond donors (Lipinski definition) is 2. The average Bonchev–Trinajstić information content (AvgIpc) is 2.74. The van der Waals surface area contributed by atoms with Crippen LogP contribution in [0.2, 0.25) is 0 Å². The van der Waals surface area contributed by atoms with Crippen LogP contribution in [0.3, 0.4) is 0 Å². The Balaban J connectivity index is 2.31. The molecule has 1 aliphatic rings. The van der Waals surface area contributed by atoms with Crippen molar-refractivity contribution >= 4 is 10.0 Å². The molecule has 6 heteroatoms. The molecule has 2 N–H and O–H groups in total. The van der Waals surface area contributed by atoms with Gasteiger partial charge in [-0.15, -0.1) is 0 Å². The van der Waals surface area contributed by atoms with Gasteiger partial charge in [0.25, 0.3) is 0 Å². The van der Waals surface area contributed by atoms with Crippen molar-refractivity contribution in [2.75, 3.05) is 7.05 Å². The van der Waals surface area contributed by atoms with Gasteiger partial charge in [0.15, 0.2) is 0 Å². The molecule has 2 rings (SSSR count). The summed E-state index contributed by atoms with van der Waals surface area (Å²) in [5, 5.41) is 2.92. The number of nitrogens with one attached hydrogen (secondary N) is 2. The lowest BCUT2D eigenvalue weighted by molar-refractivity contribution is 0.457. The van der Waals surface area contributed by atoms with E-state index in [0.717, 1.165) is 5.56 Å². The van der Waals surface area contributed by atoms with E-state index < -0.39 is 15.8 Å². The second kappa shape index (κ2) is 5.04. The van der Waals surface area contributed by atoms with Crippen LogP contribution in [0, 0.1) is 16.6 Å². The maximum Gasteiger partial charge on any atom is 0.243 e. The van der Waals surface area contributed by atoms with E-state index in [1.54, 1.807) is 13.1 Å². The molecule has 1 fully saturated rings. The van der Waals surface area contributed by atoms with E-state index in [1.807, 2.05) is 27.7 Å². The maximum atomic E-state index is 13.9. The molecule has 0 heterocycles. The summed E-state index contributed by atoms with van der Waals surface area (Å²) in [5.74, 6) is -0.724. The summed E-state index contributed by atoms with van der Waals surface area (Å²) in [6.45, 7) is 8.52. The van der Waals surface area contributed by atoms with Crippen LogP contribution >= 0.6 is 0 Å². The Morgan fingerprint density at radius 2 is 1.76 bits per heavy atom. The molecule has 0 aromatic heterocycles. The average molecular weight is 314 g/mol. The van der Waals surface area contributed by atoms with Gasteiger partial charge in [0.2, 0.25) is 10.0 Å². The quantitative estimate of drug-likeness (QED) is 0.876. The van der Waals surface area contributed by atoms with Crippen LogP contribution in [0.5, 0.6) is 0 Å². The number of hydrogen-bond acceptors (Lipinski definition) is 3. The van der Waals surface area contributed by atoms with Crippen molar-refractivity contribution in [3.8, 4) is 0 Å². The minimum absolute atomic E-state index is 0.140. The molecule has 0 unspecified atom stereocenters. The van der Waals surface area contributed by atoms with Crippen LogP contribution in [0.15, 0.2) is 23.1 Å². The number of halogens is 1. The summed E-state index contributed by atoms with van der Waals surface area (Å²) >= 11 is 0. The highest BCUT2D eigenvalue weighted by Gasteiger charge is 2.66. The molecule has 0 bridgehead atoms. The van der Waals surface area contributed by atoms with Gasteiger partial charge in [-0.2, -0.15) is 0 Å². The van der Waals surface area contributed by atoms with Crippen molar-refractivity contribution in [2.24, 2.45) is 10.8 Å². The number of sulfonamides is 1. The van der Waals surface area contributed by atoms with Gasteiger partial charge in [-0.3, -0.25) is 0 Å². The lowest BCUT2D eigenvalue weighted by atomic mass is 10.0. The lowest BCUT2D eigenvalue weighted by Gasteiger charge is -2.11. The molecule has 21 heavy (non-hydrogen) atoms. The highest BCUT2D eigenvalue weighted by Crippen LogP contribution is 2.62. The summed E-state index contributed by atoms with van der Waals surface area (Å²) in [5.41, 5.74) is 0.451. The molecule has 1 aliphatic carbocycles. The minimum atomic E-state index is -3.86. The predicted octanol–water partition coefficient (Wildman–Crippen LogP) is 2.26. The Labute approximate surface area is 126 Å². The maximum absolute atomic E-state index is 13.9. The van der Waals surface area contributed by atoms with E-state index >= 15 is 0 Å². The number of benzene rings is 1. The lowest BCUT2D eigenvalue weighted by Crippen LogP contribution is -2.30. The Hall–Kier alpha value is -0.980. The van der Waals surface area contributed by atoms with E-state index in [9.17, 15) is 12.8 Å². The summed E-state index contributed by atoms with van der Waals surface area (Å²) in [4.78, 5) is -0.284. The van der Waals surface area contributed by atoms with Gasteiger partial charge in [-0.1, -0.05) is 33.8 Å². The fourth-order valence-electron chi connectivity index (χ4n) is 2.78. The van der Waals surface area contributed by atoms with E-state index in [4.69, 9.17) is 0 Å². The van der Waals surface area contributed by atoms with Crippen molar-refractivity contribution < 1.29 is 12.8 Å². The third-order valence-electron chi connectivity index (χ3n) is 4.96. The first-order valence-corrected chi connectivity index (χ1v) is 8.47. The summed E-state index contributed by atoms with van der Waals surface area (Å²) in [7, 11) is -2.11. The molecule has 0 amide bonds. The van der Waals surface area contributed by atoms with Crippen LogP contribution in [0.1, 0.15) is 33.3 Å². The molecule has 0 aliphatic heterocycles. The first-order chi connectivity index (χ1) is 9.54. The zero-order chi connectivity index (χ0) is 16.1. The van der Waals surface area contributed by atoms with Crippen molar-refractivity contribution in [1.82, 2.24) is 10.0 Å². The highest BCUT2D eigenvalue weighted by molar-refractivity contribution is 7.89. The molecular weight excluding hydrogens is 291 g/mol. The third kappa shape index (κ3) is 2.72. The Morgan fingerprint density at radius 1 is 1.19 bits per heavy atom. The van der Waals surface area contributed by atoms with Crippen molar-refractivity contribution in [3.63, 3.8) is 0 Å². The zero-order valence-electron chi connectivity index (χ0n) is 13.1. The second-order valence-corrected chi connectivity index (χ2v) is 8.48. The summed E-state index contributed by atoms with van der Waals surface area (Å²) < 4.78 is 41.5. The van der Waals surface area contributed by atoms with Crippen molar-refractivity contribution in [3.05, 3.63) is 29.6 Å². The summed E-state index contributed by atoms with van der Waals surface area (Å²) in [6.07, 6.45) is 0. The topological polar surface area (TPSA) is 58.2 Å². The van der Waals surface area contributed by atoms with Crippen LogP contribution in [0.4, 0.5) is 4.39 Å². The minimum Gasteiger partial charge on any atom is -0.316 e. The van der Waals surface area contributed by atoms with Gasteiger partial charge in [-0.05, 0) is 35.6 Å². The van der Waals surface area contributed by atoms with Gasteiger partial charge in [0.05, 0.1) is 0 Å². The van der Waals surface area contributed by atoms with Crippen LogP contribution in [-0.4, -0.2) is 21.5 Å². The van der Waals surface area contributed by atoms with E-state index in [1.165, 1.54) is 12.1 Å². The zero-order valence-corrected chi connectivity index (χ0v) is 13.9. The van der Waals surface area contributed by atoms with Gasteiger partial charge < -0.3 is 5.32 Å². The largest absolute Gasteiger partial charge is 0.316 e. The molecule has 0 atom stereocenters. The van der Waals surface area contributed by atoms with E-state index in [-0.39, 0.29) is 21.8 Å². The fourth-order valence-corrected chi connectivity index (χ4v) is 4.44. The van der Waals surface area contributed by atoms with Crippen LogP contribution in [-0.2, 0) is 16.6 Å². The van der Waals surface area contributed by atoms with Gasteiger partial charge in [0.1, 0.15) is 10.7 Å². The molecule has 118 valence electrons. The second-order valence-electron chi connectivity index (χ2n) is 6.79. The Kier molecular flexibility index (Phi) is 3.93. The van der Waals surface area contributed by atoms with Gasteiger partial charge in [0, 0.05) is 12.6 Å². The Bertz CT molecular complexity index is 640. The smallest absolute Gasteiger partial charge is 0.243 e. The molecular formula is C15H23FN2O2S. The molecule has 4 nitrogen and oxygen atoms in total. The molecule has 1 aromatic carbocycles. The molecule has 0 radical (unpaired) electrons. The number of rotatable bonds is 5. The Morgan fingerprint density at radius 3 is 2.24 bits per heavy atom. The summed E-state index contributed by atoms with van der Waals surface area (Å²) in [6, 6.07) is 3.97. The molecule has 0 saturated heterocycles. The normalized spacial score (nSPS) is 20.5. The molecule has 1 aromatic rings. The van der Waals surface area contributed by atoms with Gasteiger partial charge >= 0.3 is 0 Å². The van der Waals surface area contributed by atoms with E-state index in [2.05, 4.69) is 10.0 Å². The van der Waals surface area contributed by atoms with Crippen molar-refractivity contribution in [2.45, 2.75) is 45.2 Å².